The molecule has 0 aliphatic rings. The van der Waals surface area contributed by atoms with Crippen molar-refractivity contribution >= 4 is 23.2 Å². The molecule has 7 heteroatoms. The van der Waals surface area contributed by atoms with Crippen LogP contribution >= 0.6 is 11.3 Å². The molecule has 2 aromatic rings. The smallest absolute Gasteiger partial charge is 0.320 e. The molecular weight excluding hydrogens is 279 g/mol. The van der Waals surface area contributed by atoms with E-state index in [1.807, 2.05) is 20.0 Å². The number of hydrogen-bond donors (Lipinski definition) is 2. The SMILES string of the molecule is Cc1cnc([C@H](C)CNC(=O)Nc2ccc(F)cn2)s1. The van der Waals surface area contributed by atoms with Crippen LogP contribution in [0.25, 0.3) is 0 Å². The first kappa shape index (κ1) is 14.4. The van der Waals surface area contributed by atoms with E-state index in [0.717, 1.165) is 16.1 Å². The summed E-state index contributed by atoms with van der Waals surface area (Å²) in [6.07, 6.45) is 2.87. The van der Waals surface area contributed by atoms with Crippen molar-refractivity contribution in [2.45, 2.75) is 19.8 Å². The molecule has 0 aliphatic carbocycles. The number of amides is 2. The molecule has 20 heavy (non-hydrogen) atoms. The summed E-state index contributed by atoms with van der Waals surface area (Å²) in [4.78, 5) is 20.8. The number of hydrogen-bond acceptors (Lipinski definition) is 4. The first-order valence-electron chi connectivity index (χ1n) is 6.13. The number of aryl methyl sites for hydroxylation is 1. The van der Waals surface area contributed by atoms with Crippen LogP contribution in [0.2, 0.25) is 0 Å². The van der Waals surface area contributed by atoms with E-state index in [1.165, 1.54) is 12.1 Å². The number of anilines is 1. The molecule has 2 aromatic heterocycles. The van der Waals surface area contributed by atoms with Crippen molar-refractivity contribution in [2.24, 2.45) is 0 Å². The number of nitrogens with one attached hydrogen (secondary N) is 2. The first-order chi connectivity index (χ1) is 9.54. The molecule has 0 unspecified atom stereocenters. The van der Waals surface area contributed by atoms with Crippen molar-refractivity contribution in [3.8, 4) is 0 Å². The highest BCUT2D eigenvalue weighted by molar-refractivity contribution is 7.11. The number of nitrogens with zero attached hydrogens (tertiary/aromatic N) is 2. The lowest BCUT2D eigenvalue weighted by Crippen LogP contribution is -2.32. The van der Waals surface area contributed by atoms with Gasteiger partial charge in [0.25, 0.3) is 0 Å². The van der Waals surface area contributed by atoms with Crippen molar-refractivity contribution < 1.29 is 9.18 Å². The third-order valence-electron chi connectivity index (χ3n) is 2.60. The zero-order valence-electron chi connectivity index (χ0n) is 11.2. The standard InChI is InChI=1S/C13H15FN4OS/c1-8(12-16-6-9(2)20-12)5-17-13(19)18-11-4-3-10(14)7-15-11/h3-4,6-8H,5H2,1-2H3,(H2,15,17,18,19)/t8-/m1/s1. The monoisotopic (exact) mass is 294 g/mol. The third-order valence-corrected chi connectivity index (χ3v) is 3.74. The molecule has 2 heterocycles. The average molecular weight is 294 g/mol. The lowest BCUT2D eigenvalue weighted by molar-refractivity contribution is 0.251. The Hall–Kier alpha value is -2.02. The van der Waals surface area contributed by atoms with Gasteiger partial charge in [0.15, 0.2) is 0 Å². The third kappa shape index (κ3) is 3.99. The van der Waals surface area contributed by atoms with E-state index in [4.69, 9.17) is 0 Å². The van der Waals surface area contributed by atoms with Crippen LogP contribution in [0.5, 0.6) is 0 Å². The second kappa shape index (κ2) is 6.42. The Balaban J connectivity index is 1.81. The Bertz CT molecular complexity index is 584. The van der Waals surface area contributed by atoms with E-state index in [9.17, 15) is 9.18 Å². The summed E-state index contributed by atoms with van der Waals surface area (Å²) in [5.41, 5.74) is 0. The van der Waals surface area contributed by atoms with Crippen LogP contribution in [0.15, 0.2) is 24.5 Å². The van der Waals surface area contributed by atoms with Crippen LogP contribution in [0.3, 0.4) is 0 Å². The fraction of sp³-hybridized carbons (Fsp3) is 0.308. The molecule has 106 valence electrons. The van der Waals surface area contributed by atoms with Crippen LogP contribution in [0, 0.1) is 12.7 Å². The second-order valence-corrected chi connectivity index (χ2v) is 5.67. The summed E-state index contributed by atoms with van der Waals surface area (Å²) in [5, 5.41) is 6.26. The maximum Gasteiger partial charge on any atom is 0.320 e. The normalized spacial score (nSPS) is 11.9. The first-order valence-corrected chi connectivity index (χ1v) is 6.95. The van der Waals surface area contributed by atoms with Crippen molar-refractivity contribution in [3.05, 3.63) is 40.2 Å². The van der Waals surface area contributed by atoms with E-state index >= 15 is 0 Å². The summed E-state index contributed by atoms with van der Waals surface area (Å²) in [5.74, 6) is 0.00555. The van der Waals surface area contributed by atoms with Crippen LogP contribution in [-0.2, 0) is 0 Å². The number of pyridine rings is 1. The van der Waals surface area contributed by atoms with E-state index in [1.54, 1.807) is 11.3 Å². The largest absolute Gasteiger partial charge is 0.337 e. The van der Waals surface area contributed by atoms with E-state index in [2.05, 4.69) is 20.6 Å². The molecule has 2 rings (SSSR count). The van der Waals surface area contributed by atoms with Gasteiger partial charge < -0.3 is 5.32 Å². The molecule has 0 bridgehead atoms. The molecule has 0 aliphatic heterocycles. The minimum absolute atomic E-state index is 0.139. The maximum absolute atomic E-state index is 12.7. The molecule has 0 saturated heterocycles. The highest BCUT2D eigenvalue weighted by Gasteiger charge is 2.11. The number of aromatic nitrogens is 2. The molecule has 5 nitrogen and oxygen atoms in total. The molecule has 0 aromatic carbocycles. The van der Waals surface area contributed by atoms with Gasteiger partial charge in [-0.2, -0.15) is 0 Å². The van der Waals surface area contributed by atoms with Gasteiger partial charge in [-0.15, -0.1) is 11.3 Å². The topological polar surface area (TPSA) is 66.9 Å². The minimum Gasteiger partial charge on any atom is -0.337 e. The molecule has 0 spiro atoms. The van der Waals surface area contributed by atoms with Crippen LogP contribution < -0.4 is 10.6 Å². The van der Waals surface area contributed by atoms with Crippen LogP contribution in [-0.4, -0.2) is 22.5 Å². The van der Waals surface area contributed by atoms with Gasteiger partial charge in [-0.3, -0.25) is 5.32 Å². The number of thiazole rings is 1. The predicted molar refractivity (Wildman–Crippen MR) is 76.5 cm³/mol. The Morgan fingerprint density at radius 1 is 1.40 bits per heavy atom. The number of urea groups is 1. The lowest BCUT2D eigenvalue weighted by atomic mass is 10.2. The summed E-state index contributed by atoms with van der Waals surface area (Å²) in [6, 6.07) is 2.27. The molecule has 0 saturated carbocycles. The summed E-state index contributed by atoms with van der Waals surface area (Å²) in [7, 11) is 0. The molecule has 2 amide bonds. The highest BCUT2D eigenvalue weighted by atomic mass is 32.1. The molecule has 0 radical (unpaired) electrons. The van der Waals surface area contributed by atoms with Gasteiger partial charge in [-0.05, 0) is 19.1 Å². The van der Waals surface area contributed by atoms with E-state index in [-0.39, 0.29) is 11.9 Å². The van der Waals surface area contributed by atoms with E-state index in [0.29, 0.717) is 12.4 Å². The van der Waals surface area contributed by atoms with Crippen molar-refractivity contribution in [1.82, 2.24) is 15.3 Å². The van der Waals surface area contributed by atoms with Gasteiger partial charge in [0.05, 0.1) is 11.2 Å². The van der Waals surface area contributed by atoms with Gasteiger partial charge in [-0.25, -0.2) is 19.2 Å². The molecule has 2 N–H and O–H groups in total. The number of rotatable bonds is 4. The highest BCUT2D eigenvalue weighted by Crippen LogP contribution is 2.20. The minimum atomic E-state index is -0.441. The quantitative estimate of drug-likeness (QED) is 0.911. The Morgan fingerprint density at radius 3 is 2.80 bits per heavy atom. The average Bonchev–Trinajstić information content (AvgIpc) is 2.85. The van der Waals surface area contributed by atoms with Crippen LogP contribution in [0.4, 0.5) is 15.0 Å². The summed E-state index contributed by atoms with van der Waals surface area (Å²) >= 11 is 1.62. The van der Waals surface area contributed by atoms with Gasteiger partial charge in [0.1, 0.15) is 11.6 Å². The molecular formula is C13H15FN4OS. The van der Waals surface area contributed by atoms with Gasteiger partial charge >= 0.3 is 6.03 Å². The number of carbonyl (C=O) groups is 1. The Kier molecular flexibility index (Phi) is 4.62. The number of halogens is 1. The van der Waals surface area contributed by atoms with Crippen molar-refractivity contribution in [1.29, 1.82) is 0 Å². The maximum atomic E-state index is 12.7. The van der Waals surface area contributed by atoms with Crippen molar-refractivity contribution in [3.63, 3.8) is 0 Å². The Labute approximate surface area is 120 Å². The summed E-state index contributed by atoms with van der Waals surface area (Å²) in [6.45, 7) is 4.46. The van der Waals surface area contributed by atoms with Gasteiger partial charge in [0.2, 0.25) is 0 Å². The second-order valence-electron chi connectivity index (χ2n) is 4.41. The zero-order chi connectivity index (χ0) is 14.5. The predicted octanol–water partition coefficient (Wildman–Crippen LogP) is 2.91. The fourth-order valence-corrected chi connectivity index (χ4v) is 2.37. The number of carbonyl (C=O) groups excluding carboxylic acids is 1. The zero-order valence-corrected chi connectivity index (χ0v) is 12.0. The van der Waals surface area contributed by atoms with E-state index < -0.39 is 5.82 Å². The van der Waals surface area contributed by atoms with Gasteiger partial charge in [-0.1, -0.05) is 6.92 Å². The van der Waals surface area contributed by atoms with Crippen LogP contribution in [0.1, 0.15) is 22.7 Å². The summed E-state index contributed by atoms with van der Waals surface area (Å²) < 4.78 is 12.7. The molecule has 1 atom stereocenters. The van der Waals surface area contributed by atoms with Crippen molar-refractivity contribution in [2.75, 3.05) is 11.9 Å². The van der Waals surface area contributed by atoms with Gasteiger partial charge in [0, 0.05) is 23.5 Å². The fourth-order valence-electron chi connectivity index (χ4n) is 1.54. The Morgan fingerprint density at radius 2 is 2.20 bits per heavy atom. The molecule has 0 fully saturated rings. The lowest BCUT2D eigenvalue weighted by Gasteiger charge is -2.10.